The van der Waals surface area contributed by atoms with E-state index in [1.54, 1.807) is 0 Å². The van der Waals surface area contributed by atoms with Gasteiger partial charge in [0.05, 0.1) is 0 Å². The second kappa shape index (κ2) is 6.45. The fourth-order valence-corrected chi connectivity index (χ4v) is 2.57. The summed E-state index contributed by atoms with van der Waals surface area (Å²) in [5.41, 5.74) is 6.65. The summed E-state index contributed by atoms with van der Waals surface area (Å²) >= 11 is 3.37. The van der Waals surface area contributed by atoms with Crippen molar-refractivity contribution >= 4 is 21.7 Å². The average molecular weight is 311 g/mol. The molecule has 1 saturated heterocycles. The number of rotatable bonds is 5. The van der Waals surface area contributed by atoms with Crippen molar-refractivity contribution in [2.75, 3.05) is 19.6 Å². The zero-order valence-corrected chi connectivity index (χ0v) is 12.0. The molecule has 0 aliphatic carbocycles. The van der Waals surface area contributed by atoms with Gasteiger partial charge in [-0.3, -0.25) is 4.79 Å². The highest BCUT2D eigenvalue weighted by molar-refractivity contribution is 9.10. The molecule has 0 bridgehead atoms. The van der Waals surface area contributed by atoms with Crippen LogP contribution in [0.1, 0.15) is 29.6 Å². The zero-order valence-electron chi connectivity index (χ0n) is 10.4. The first kappa shape index (κ1) is 13.7. The van der Waals surface area contributed by atoms with Gasteiger partial charge in [0.25, 0.3) is 0 Å². The summed E-state index contributed by atoms with van der Waals surface area (Å²) in [5, 5.41) is 0. The third-order valence-electron chi connectivity index (χ3n) is 3.35. The number of likely N-dealkylation sites (tertiary alicyclic amines) is 1. The van der Waals surface area contributed by atoms with Crippen LogP contribution in [0, 0.1) is 0 Å². The minimum atomic E-state index is 0.228. The lowest BCUT2D eigenvalue weighted by molar-refractivity contribution is 0.0976. The molecule has 2 N–H and O–H groups in total. The molecule has 0 aromatic heterocycles. The van der Waals surface area contributed by atoms with Gasteiger partial charge in [-0.25, -0.2) is 0 Å². The number of hydrogen-bond donors (Lipinski definition) is 1. The maximum Gasteiger partial charge on any atom is 0.162 e. The minimum Gasteiger partial charge on any atom is -0.326 e. The largest absolute Gasteiger partial charge is 0.326 e. The van der Waals surface area contributed by atoms with E-state index < -0.39 is 0 Å². The lowest BCUT2D eigenvalue weighted by Gasteiger charge is -2.14. The van der Waals surface area contributed by atoms with Gasteiger partial charge in [-0.1, -0.05) is 28.1 Å². The van der Waals surface area contributed by atoms with E-state index in [4.69, 9.17) is 5.73 Å². The molecule has 1 aromatic carbocycles. The van der Waals surface area contributed by atoms with E-state index in [9.17, 15) is 4.79 Å². The van der Waals surface area contributed by atoms with Gasteiger partial charge in [-0.05, 0) is 38.1 Å². The van der Waals surface area contributed by atoms with E-state index in [0.29, 0.717) is 12.5 Å². The Morgan fingerprint density at radius 1 is 1.39 bits per heavy atom. The summed E-state index contributed by atoms with van der Waals surface area (Å²) in [7, 11) is 0. The van der Waals surface area contributed by atoms with Crippen molar-refractivity contribution in [3.63, 3.8) is 0 Å². The van der Waals surface area contributed by atoms with Gasteiger partial charge < -0.3 is 10.6 Å². The first-order valence-corrected chi connectivity index (χ1v) is 7.21. The number of carbonyl (C=O) groups is 1. The lowest BCUT2D eigenvalue weighted by Crippen LogP contribution is -2.27. The highest BCUT2D eigenvalue weighted by Crippen LogP contribution is 2.13. The van der Waals surface area contributed by atoms with Gasteiger partial charge in [0.2, 0.25) is 0 Å². The van der Waals surface area contributed by atoms with E-state index >= 15 is 0 Å². The number of ketones is 1. The van der Waals surface area contributed by atoms with Crippen molar-refractivity contribution in [1.82, 2.24) is 4.90 Å². The Hall–Kier alpha value is -0.710. The summed E-state index contributed by atoms with van der Waals surface area (Å²) in [6.07, 6.45) is 2.62. The fraction of sp³-hybridized carbons (Fsp3) is 0.500. The van der Waals surface area contributed by atoms with Gasteiger partial charge in [-0.15, -0.1) is 0 Å². The molecule has 1 aliphatic rings. The molecule has 4 heteroatoms. The predicted molar refractivity (Wildman–Crippen MR) is 76.7 cm³/mol. The Balaban J connectivity index is 1.73. The molecule has 1 fully saturated rings. The highest BCUT2D eigenvalue weighted by Gasteiger charge is 2.18. The maximum absolute atomic E-state index is 11.9. The summed E-state index contributed by atoms with van der Waals surface area (Å²) in [5.74, 6) is 0.228. The van der Waals surface area contributed by atoms with Crippen molar-refractivity contribution in [2.45, 2.75) is 25.3 Å². The SMILES string of the molecule is NC1CCN(CCCC(=O)c2ccc(Br)cc2)C1. The van der Waals surface area contributed by atoms with Crippen molar-refractivity contribution in [2.24, 2.45) is 5.73 Å². The lowest BCUT2D eigenvalue weighted by atomic mass is 10.1. The van der Waals surface area contributed by atoms with Crippen LogP contribution in [0.15, 0.2) is 28.7 Å². The molecule has 0 radical (unpaired) electrons. The molecular formula is C14H19BrN2O. The van der Waals surface area contributed by atoms with Crippen molar-refractivity contribution in [3.8, 4) is 0 Å². The Morgan fingerprint density at radius 2 is 2.11 bits per heavy atom. The molecule has 1 aromatic rings. The van der Waals surface area contributed by atoms with Crippen LogP contribution in [0.4, 0.5) is 0 Å². The number of hydrogen-bond acceptors (Lipinski definition) is 3. The molecule has 0 spiro atoms. The molecule has 0 amide bonds. The normalized spacial score (nSPS) is 20.2. The van der Waals surface area contributed by atoms with Gasteiger partial charge >= 0.3 is 0 Å². The molecular weight excluding hydrogens is 292 g/mol. The standard InChI is InChI=1S/C14H19BrN2O/c15-12-5-3-11(4-6-12)14(18)2-1-8-17-9-7-13(16)10-17/h3-6,13H,1-2,7-10,16H2. The van der Waals surface area contributed by atoms with Crippen molar-refractivity contribution in [3.05, 3.63) is 34.3 Å². The highest BCUT2D eigenvalue weighted by atomic mass is 79.9. The predicted octanol–water partition coefficient (Wildman–Crippen LogP) is 2.45. The number of nitrogens with two attached hydrogens (primary N) is 1. The zero-order chi connectivity index (χ0) is 13.0. The number of Topliss-reactive ketones (excluding diaryl/α,β-unsaturated/α-hetero) is 1. The van der Waals surface area contributed by atoms with E-state index in [0.717, 1.165) is 42.5 Å². The van der Waals surface area contributed by atoms with Crippen LogP contribution < -0.4 is 5.73 Å². The Kier molecular flexibility index (Phi) is 4.92. The fourth-order valence-electron chi connectivity index (χ4n) is 2.31. The Bertz CT molecular complexity index is 405. The smallest absolute Gasteiger partial charge is 0.162 e. The number of nitrogens with zero attached hydrogens (tertiary/aromatic N) is 1. The summed E-state index contributed by atoms with van der Waals surface area (Å²) in [6, 6.07) is 7.89. The molecule has 3 nitrogen and oxygen atoms in total. The maximum atomic E-state index is 11.9. The van der Waals surface area contributed by atoms with Gasteiger partial charge in [-0.2, -0.15) is 0 Å². The number of halogens is 1. The van der Waals surface area contributed by atoms with Crippen LogP contribution in [0.25, 0.3) is 0 Å². The van der Waals surface area contributed by atoms with Crippen LogP contribution in [0.3, 0.4) is 0 Å². The minimum absolute atomic E-state index is 0.228. The molecule has 1 heterocycles. The van der Waals surface area contributed by atoms with Crippen LogP contribution in [0.2, 0.25) is 0 Å². The van der Waals surface area contributed by atoms with Gasteiger partial charge in [0.15, 0.2) is 5.78 Å². The quantitative estimate of drug-likeness (QED) is 0.850. The first-order valence-electron chi connectivity index (χ1n) is 6.42. The van der Waals surface area contributed by atoms with Crippen molar-refractivity contribution < 1.29 is 4.79 Å². The van der Waals surface area contributed by atoms with Crippen LogP contribution in [-0.4, -0.2) is 36.4 Å². The van der Waals surface area contributed by atoms with E-state index in [1.807, 2.05) is 24.3 Å². The van der Waals surface area contributed by atoms with Crippen LogP contribution >= 0.6 is 15.9 Å². The topological polar surface area (TPSA) is 46.3 Å². The molecule has 1 aliphatic heterocycles. The van der Waals surface area contributed by atoms with Crippen LogP contribution in [-0.2, 0) is 0 Å². The monoisotopic (exact) mass is 310 g/mol. The molecule has 98 valence electrons. The van der Waals surface area contributed by atoms with Gasteiger partial charge in [0, 0.05) is 29.0 Å². The second-order valence-corrected chi connectivity index (χ2v) is 5.80. The summed E-state index contributed by atoms with van der Waals surface area (Å²) in [4.78, 5) is 14.3. The molecule has 18 heavy (non-hydrogen) atoms. The Labute approximate surface area is 116 Å². The average Bonchev–Trinajstić information content (AvgIpc) is 2.76. The summed E-state index contributed by atoms with van der Waals surface area (Å²) < 4.78 is 1.00. The Morgan fingerprint density at radius 3 is 2.72 bits per heavy atom. The molecule has 1 atom stereocenters. The van der Waals surface area contributed by atoms with Crippen molar-refractivity contribution in [1.29, 1.82) is 0 Å². The second-order valence-electron chi connectivity index (χ2n) is 4.88. The van der Waals surface area contributed by atoms with E-state index in [-0.39, 0.29) is 5.78 Å². The van der Waals surface area contributed by atoms with Crippen LogP contribution in [0.5, 0.6) is 0 Å². The number of carbonyl (C=O) groups excluding carboxylic acids is 1. The third kappa shape index (κ3) is 3.90. The third-order valence-corrected chi connectivity index (χ3v) is 3.88. The van der Waals surface area contributed by atoms with Gasteiger partial charge in [0.1, 0.15) is 0 Å². The van der Waals surface area contributed by atoms with E-state index in [1.165, 1.54) is 0 Å². The van der Waals surface area contributed by atoms with E-state index in [2.05, 4.69) is 20.8 Å². The molecule has 2 rings (SSSR count). The summed E-state index contributed by atoms with van der Waals surface area (Å²) in [6.45, 7) is 3.04. The number of benzene rings is 1. The molecule has 1 unspecified atom stereocenters. The molecule has 0 saturated carbocycles. The first-order chi connectivity index (χ1) is 8.65.